The minimum absolute atomic E-state index is 0.00710. The molecule has 1 aliphatic heterocycles. The number of H-pyrrole nitrogens is 1. The number of benzene rings is 1. The molecule has 7 heteroatoms. The second kappa shape index (κ2) is 6.64. The predicted octanol–water partition coefficient (Wildman–Crippen LogP) is 3.36. The van der Waals surface area contributed by atoms with Crippen molar-refractivity contribution in [2.75, 3.05) is 13.1 Å². The molecule has 0 atom stereocenters. The third kappa shape index (κ3) is 3.25. The van der Waals surface area contributed by atoms with E-state index in [1.807, 2.05) is 41.3 Å². The van der Waals surface area contributed by atoms with Gasteiger partial charge in [-0.2, -0.15) is 5.10 Å². The number of carbonyl (C=O) groups is 1. The van der Waals surface area contributed by atoms with Gasteiger partial charge in [-0.25, -0.2) is 0 Å². The molecule has 138 valence electrons. The van der Waals surface area contributed by atoms with E-state index in [1.165, 1.54) is 0 Å². The molecule has 1 aliphatic carbocycles. The lowest BCUT2D eigenvalue weighted by molar-refractivity contribution is 0.0700. The third-order valence-electron chi connectivity index (χ3n) is 5.39. The van der Waals surface area contributed by atoms with Gasteiger partial charge in [-0.05, 0) is 31.7 Å². The largest absolute Gasteiger partial charge is 0.425 e. The molecule has 1 aromatic carbocycles. The molecule has 5 rings (SSSR count). The van der Waals surface area contributed by atoms with E-state index < -0.39 is 0 Å². The van der Waals surface area contributed by atoms with Gasteiger partial charge in [0.2, 0.25) is 11.8 Å². The quantitative estimate of drug-likeness (QED) is 0.768. The first-order valence-electron chi connectivity index (χ1n) is 9.51. The number of aromatic nitrogens is 4. The summed E-state index contributed by atoms with van der Waals surface area (Å²) in [5.41, 5.74) is 2.31. The average molecular weight is 363 g/mol. The Kier molecular flexibility index (Phi) is 3.99. The molecule has 27 heavy (non-hydrogen) atoms. The van der Waals surface area contributed by atoms with Crippen molar-refractivity contribution in [1.29, 1.82) is 0 Å². The summed E-state index contributed by atoms with van der Waals surface area (Å²) in [6, 6.07) is 11.7. The summed E-state index contributed by atoms with van der Waals surface area (Å²) in [6.45, 7) is 1.37. The number of hydrogen-bond acceptors (Lipinski definition) is 5. The summed E-state index contributed by atoms with van der Waals surface area (Å²) < 4.78 is 5.84. The second-order valence-corrected chi connectivity index (χ2v) is 7.35. The molecule has 7 nitrogen and oxygen atoms in total. The molecular formula is C20H21N5O2. The second-order valence-electron chi connectivity index (χ2n) is 7.35. The SMILES string of the molecule is O=C(c1cc(-c2ccccc2)n[nH]1)N1CCC(c2nnc(C3CC3)o2)CC1. The Balaban J connectivity index is 1.23. The lowest BCUT2D eigenvalue weighted by Gasteiger charge is -2.30. The van der Waals surface area contributed by atoms with Crippen LogP contribution in [-0.2, 0) is 0 Å². The first-order valence-corrected chi connectivity index (χ1v) is 9.51. The Hall–Kier alpha value is -2.96. The number of piperidine rings is 1. The summed E-state index contributed by atoms with van der Waals surface area (Å²) in [6.07, 6.45) is 4.00. The van der Waals surface area contributed by atoms with E-state index in [-0.39, 0.29) is 11.8 Å². The van der Waals surface area contributed by atoms with Crippen LogP contribution in [0.2, 0.25) is 0 Å². The van der Waals surface area contributed by atoms with E-state index >= 15 is 0 Å². The van der Waals surface area contributed by atoms with E-state index in [1.54, 1.807) is 0 Å². The molecule has 2 fully saturated rings. The van der Waals surface area contributed by atoms with Crippen LogP contribution in [0.4, 0.5) is 0 Å². The molecule has 1 saturated heterocycles. The van der Waals surface area contributed by atoms with E-state index in [4.69, 9.17) is 4.42 Å². The zero-order valence-corrected chi connectivity index (χ0v) is 15.0. The minimum atomic E-state index is -0.00710. The van der Waals surface area contributed by atoms with Gasteiger partial charge in [0, 0.05) is 30.5 Å². The number of aromatic amines is 1. The van der Waals surface area contributed by atoms with E-state index in [9.17, 15) is 4.79 Å². The van der Waals surface area contributed by atoms with Crippen molar-refractivity contribution in [1.82, 2.24) is 25.3 Å². The van der Waals surface area contributed by atoms with Gasteiger partial charge in [-0.15, -0.1) is 10.2 Å². The van der Waals surface area contributed by atoms with Crippen LogP contribution < -0.4 is 0 Å². The summed E-state index contributed by atoms with van der Waals surface area (Å²) in [7, 11) is 0. The number of likely N-dealkylation sites (tertiary alicyclic amines) is 1. The number of rotatable bonds is 4. The first kappa shape index (κ1) is 16.2. The molecule has 3 heterocycles. The van der Waals surface area contributed by atoms with Crippen molar-refractivity contribution in [3.8, 4) is 11.3 Å². The van der Waals surface area contributed by atoms with Crippen molar-refractivity contribution >= 4 is 5.91 Å². The number of amides is 1. The lowest BCUT2D eigenvalue weighted by atomic mass is 9.96. The fourth-order valence-corrected chi connectivity index (χ4v) is 3.59. The molecule has 1 N–H and O–H groups in total. The molecule has 1 amide bonds. The van der Waals surface area contributed by atoms with Gasteiger partial charge in [-0.3, -0.25) is 9.89 Å². The highest BCUT2D eigenvalue weighted by molar-refractivity contribution is 5.93. The smallest absolute Gasteiger partial charge is 0.271 e. The Labute approximate surface area is 156 Å². The molecule has 3 aromatic rings. The molecule has 0 radical (unpaired) electrons. The molecular weight excluding hydrogens is 342 g/mol. The summed E-state index contributed by atoms with van der Waals surface area (Å²) >= 11 is 0. The van der Waals surface area contributed by atoms with Gasteiger partial charge in [-0.1, -0.05) is 30.3 Å². The van der Waals surface area contributed by atoms with Crippen LogP contribution in [0.1, 0.15) is 59.8 Å². The van der Waals surface area contributed by atoms with Crippen molar-refractivity contribution < 1.29 is 9.21 Å². The highest BCUT2D eigenvalue weighted by atomic mass is 16.4. The fraction of sp³-hybridized carbons (Fsp3) is 0.400. The maximum Gasteiger partial charge on any atom is 0.271 e. The number of nitrogens with one attached hydrogen (secondary N) is 1. The van der Waals surface area contributed by atoms with Crippen LogP contribution in [0.5, 0.6) is 0 Å². The first-order chi connectivity index (χ1) is 13.3. The Morgan fingerprint density at radius 3 is 2.33 bits per heavy atom. The standard InChI is InChI=1S/C20H21N5O2/c26-20(17-12-16(21-22-17)13-4-2-1-3-5-13)25-10-8-15(9-11-25)19-24-23-18(27-19)14-6-7-14/h1-5,12,14-15H,6-11H2,(H,21,22). The van der Waals surface area contributed by atoms with Gasteiger partial charge < -0.3 is 9.32 Å². The number of hydrogen-bond donors (Lipinski definition) is 1. The summed E-state index contributed by atoms with van der Waals surface area (Å²) in [5.74, 6) is 2.24. The summed E-state index contributed by atoms with van der Waals surface area (Å²) in [4.78, 5) is 14.7. The van der Waals surface area contributed by atoms with E-state index in [0.717, 1.165) is 48.7 Å². The topological polar surface area (TPSA) is 87.9 Å². The zero-order valence-electron chi connectivity index (χ0n) is 15.0. The Bertz CT molecular complexity index is 936. The summed E-state index contributed by atoms with van der Waals surface area (Å²) in [5, 5.41) is 15.6. The maximum absolute atomic E-state index is 12.8. The normalized spacial score (nSPS) is 18.0. The van der Waals surface area contributed by atoms with Gasteiger partial charge >= 0.3 is 0 Å². The molecule has 0 bridgehead atoms. The third-order valence-corrected chi connectivity index (χ3v) is 5.39. The minimum Gasteiger partial charge on any atom is -0.425 e. The monoisotopic (exact) mass is 363 g/mol. The van der Waals surface area contributed by atoms with Crippen LogP contribution in [0, 0.1) is 0 Å². The van der Waals surface area contributed by atoms with Crippen LogP contribution in [0.15, 0.2) is 40.8 Å². The maximum atomic E-state index is 12.8. The van der Waals surface area contributed by atoms with Crippen molar-refractivity contribution in [3.05, 3.63) is 53.9 Å². The molecule has 2 aliphatic rings. The van der Waals surface area contributed by atoms with E-state index in [0.29, 0.717) is 24.7 Å². The van der Waals surface area contributed by atoms with Crippen molar-refractivity contribution in [2.24, 2.45) is 0 Å². The van der Waals surface area contributed by atoms with Crippen LogP contribution in [-0.4, -0.2) is 44.3 Å². The molecule has 0 unspecified atom stereocenters. The fourth-order valence-electron chi connectivity index (χ4n) is 3.59. The number of nitrogens with zero attached hydrogens (tertiary/aromatic N) is 4. The Morgan fingerprint density at radius 1 is 1.00 bits per heavy atom. The molecule has 1 saturated carbocycles. The van der Waals surface area contributed by atoms with Crippen LogP contribution in [0.25, 0.3) is 11.3 Å². The molecule has 0 spiro atoms. The van der Waals surface area contributed by atoms with Crippen LogP contribution in [0.3, 0.4) is 0 Å². The van der Waals surface area contributed by atoms with E-state index in [2.05, 4.69) is 20.4 Å². The average Bonchev–Trinajstić information content (AvgIpc) is 3.26. The van der Waals surface area contributed by atoms with Crippen molar-refractivity contribution in [3.63, 3.8) is 0 Å². The highest BCUT2D eigenvalue weighted by Crippen LogP contribution is 2.40. The van der Waals surface area contributed by atoms with Crippen molar-refractivity contribution in [2.45, 2.75) is 37.5 Å². The highest BCUT2D eigenvalue weighted by Gasteiger charge is 2.32. The van der Waals surface area contributed by atoms with Gasteiger partial charge in [0.1, 0.15) is 5.69 Å². The Morgan fingerprint density at radius 2 is 1.67 bits per heavy atom. The lowest BCUT2D eigenvalue weighted by Crippen LogP contribution is -2.38. The predicted molar refractivity (Wildman–Crippen MR) is 98.2 cm³/mol. The zero-order chi connectivity index (χ0) is 18.2. The molecule has 2 aromatic heterocycles. The van der Waals surface area contributed by atoms with Gasteiger partial charge in [0.05, 0.1) is 5.69 Å². The van der Waals surface area contributed by atoms with Gasteiger partial charge in [0.15, 0.2) is 0 Å². The van der Waals surface area contributed by atoms with Crippen LogP contribution >= 0.6 is 0 Å². The van der Waals surface area contributed by atoms with Gasteiger partial charge in [0.25, 0.3) is 5.91 Å². The number of carbonyl (C=O) groups excluding carboxylic acids is 1.